The number of carbonyl (C=O) groups excluding carboxylic acids is 1. The van der Waals surface area contributed by atoms with E-state index in [0.29, 0.717) is 5.69 Å². The minimum absolute atomic E-state index is 0.114. The van der Waals surface area contributed by atoms with Crippen LogP contribution in [0.3, 0.4) is 0 Å². The Morgan fingerprint density at radius 3 is 2.61 bits per heavy atom. The molecule has 4 nitrogen and oxygen atoms in total. The summed E-state index contributed by atoms with van der Waals surface area (Å²) in [6, 6.07) is 4.83. The first-order valence-corrected chi connectivity index (χ1v) is 5.52. The van der Waals surface area contributed by atoms with E-state index in [1.807, 2.05) is 20.8 Å². The molecule has 0 spiro atoms. The minimum atomic E-state index is -0.687. The summed E-state index contributed by atoms with van der Waals surface area (Å²) < 4.78 is 13.1. The van der Waals surface area contributed by atoms with Crippen molar-refractivity contribution >= 4 is 11.6 Å². The molecule has 18 heavy (non-hydrogen) atoms. The van der Waals surface area contributed by atoms with Gasteiger partial charge in [0, 0.05) is 5.69 Å². The number of halogens is 1. The largest absolute Gasteiger partial charge is 0.325 e. The third-order valence-corrected chi connectivity index (χ3v) is 2.57. The summed E-state index contributed by atoms with van der Waals surface area (Å²) in [5.74, 6) is -0.978. The topological polar surface area (TPSA) is 78.9 Å². The zero-order valence-corrected chi connectivity index (χ0v) is 10.6. The maximum Gasteiger partial charge on any atom is 0.241 e. The average Bonchev–Trinajstić information content (AvgIpc) is 2.29. The zero-order valence-electron chi connectivity index (χ0n) is 10.6. The number of benzene rings is 1. The number of carbonyl (C=O) groups is 1. The van der Waals surface area contributed by atoms with Gasteiger partial charge in [0.25, 0.3) is 0 Å². The zero-order chi connectivity index (χ0) is 13.9. The SMILES string of the molecule is CC(C)(C)[C@H](N)C(=O)Nc1ccc(F)c(C#N)c1. The van der Waals surface area contributed by atoms with Crippen molar-refractivity contribution in [1.82, 2.24) is 0 Å². The number of nitrogens with zero attached hydrogens (tertiary/aromatic N) is 1. The van der Waals surface area contributed by atoms with Crippen LogP contribution in [0, 0.1) is 22.6 Å². The van der Waals surface area contributed by atoms with E-state index < -0.39 is 11.9 Å². The van der Waals surface area contributed by atoms with Crippen molar-refractivity contribution in [3.05, 3.63) is 29.6 Å². The Hall–Kier alpha value is -1.93. The van der Waals surface area contributed by atoms with E-state index in [2.05, 4.69) is 5.32 Å². The van der Waals surface area contributed by atoms with Crippen molar-refractivity contribution in [3.8, 4) is 6.07 Å². The molecule has 1 amide bonds. The van der Waals surface area contributed by atoms with Crippen molar-refractivity contribution in [2.24, 2.45) is 11.1 Å². The first kappa shape index (κ1) is 14.1. The van der Waals surface area contributed by atoms with Gasteiger partial charge >= 0.3 is 0 Å². The lowest BCUT2D eigenvalue weighted by Gasteiger charge is -2.25. The van der Waals surface area contributed by atoms with Gasteiger partial charge in [0.2, 0.25) is 5.91 Å². The van der Waals surface area contributed by atoms with Crippen LogP contribution in [0.4, 0.5) is 10.1 Å². The van der Waals surface area contributed by atoms with Gasteiger partial charge in [0.1, 0.15) is 11.9 Å². The number of hydrogen-bond acceptors (Lipinski definition) is 3. The summed E-state index contributed by atoms with van der Waals surface area (Å²) in [5.41, 5.74) is 5.66. The standard InChI is InChI=1S/C13H16FN3O/c1-13(2,3)11(16)12(18)17-9-4-5-10(14)8(6-9)7-15/h4-6,11H,16H2,1-3H3,(H,17,18)/t11-/m1/s1. The number of amides is 1. The van der Waals surface area contributed by atoms with Gasteiger partial charge in [-0.15, -0.1) is 0 Å². The number of anilines is 1. The van der Waals surface area contributed by atoms with E-state index in [1.54, 1.807) is 6.07 Å². The van der Waals surface area contributed by atoms with Gasteiger partial charge in [-0.3, -0.25) is 4.79 Å². The molecule has 1 atom stereocenters. The van der Waals surface area contributed by atoms with Crippen LogP contribution in [-0.4, -0.2) is 11.9 Å². The number of nitrogens with two attached hydrogens (primary N) is 1. The van der Waals surface area contributed by atoms with Gasteiger partial charge in [0.15, 0.2) is 0 Å². The lowest BCUT2D eigenvalue weighted by molar-refractivity contribution is -0.119. The summed E-state index contributed by atoms with van der Waals surface area (Å²) in [6.45, 7) is 5.55. The molecule has 0 aromatic heterocycles. The lowest BCUT2D eigenvalue weighted by Crippen LogP contribution is -2.45. The van der Waals surface area contributed by atoms with Gasteiger partial charge in [-0.25, -0.2) is 4.39 Å². The van der Waals surface area contributed by atoms with Crippen molar-refractivity contribution in [3.63, 3.8) is 0 Å². The van der Waals surface area contributed by atoms with Crippen LogP contribution in [0.15, 0.2) is 18.2 Å². The van der Waals surface area contributed by atoms with Crippen molar-refractivity contribution < 1.29 is 9.18 Å². The van der Waals surface area contributed by atoms with Crippen LogP contribution in [0.1, 0.15) is 26.3 Å². The normalized spacial score (nSPS) is 12.7. The molecule has 3 N–H and O–H groups in total. The molecule has 0 fully saturated rings. The molecule has 5 heteroatoms. The molecule has 1 rings (SSSR count). The van der Waals surface area contributed by atoms with E-state index in [1.165, 1.54) is 12.1 Å². The predicted octanol–water partition coefficient (Wildman–Crippen LogP) is 2.01. The number of hydrogen-bond donors (Lipinski definition) is 2. The smallest absolute Gasteiger partial charge is 0.241 e. The van der Waals surface area contributed by atoms with Gasteiger partial charge in [0.05, 0.1) is 11.6 Å². The molecular formula is C13H16FN3O. The quantitative estimate of drug-likeness (QED) is 0.841. The maximum absolute atomic E-state index is 13.1. The number of nitrogens with one attached hydrogen (secondary N) is 1. The second kappa shape index (κ2) is 5.15. The number of rotatable bonds is 2. The third-order valence-electron chi connectivity index (χ3n) is 2.57. The summed E-state index contributed by atoms with van der Waals surface area (Å²) in [5, 5.41) is 11.3. The molecule has 0 saturated carbocycles. The van der Waals surface area contributed by atoms with E-state index >= 15 is 0 Å². The Kier molecular flexibility index (Phi) is 4.04. The first-order valence-electron chi connectivity index (χ1n) is 5.52. The van der Waals surface area contributed by atoms with Gasteiger partial charge in [-0.05, 0) is 23.6 Å². The van der Waals surface area contributed by atoms with Crippen molar-refractivity contribution in [1.29, 1.82) is 5.26 Å². The highest BCUT2D eigenvalue weighted by Crippen LogP contribution is 2.20. The molecule has 1 aromatic rings. The van der Waals surface area contributed by atoms with Gasteiger partial charge in [-0.2, -0.15) is 5.26 Å². The Bertz CT molecular complexity index is 500. The summed E-state index contributed by atoms with van der Waals surface area (Å²) in [4.78, 5) is 11.8. The second-order valence-corrected chi connectivity index (χ2v) is 5.14. The lowest BCUT2D eigenvalue weighted by atomic mass is 9.87. The van der Waals surface area contributed by atoms with Crippen LogP contribution >= 0.6 is 0 Å². The summed E-state index contributed by atoms with van der Waals surface area (Å²) >= 11 is 0. The van der Waals surface area contributed by atoms with E-state index in [4.69, 9.17) is 11.0 Å². The Balaban J connectivity index is 2.87. The fourth-order valence-electron chi connectivity index (χ4n) is 1.30. The molecule has 0 saturated heterocycles. The molecule has 96 valence electrons. The van der Waals surface area contributed by atoms with Crippen LogP contribution in [0.5, 0.6) is 0 Å². The summed E-state index contributed by atoms with van der Waals surface area (Å²) in [6.07, 6.45) is 0. The fourth-order valence-corrected chi connectivity index (χ4v) is 1.30. The third kappa shape index (κ3) is 3.28. The molecule has 1 aromatic carbocycles. The molecular weight excluding hydrogens is 233 g/mol. The highest BCUT2D eigenvalue weighted by atomic mass is 19.1. The highest BCUT2D eigenvalue weighted by Gasteiger charge is 2.27. The Morgan fingerprint density at radius 1 is 1.50 bits per heavy atom. The fraction of sp³-hybridized carbons (Fsp3) is 0.385. The predicted molar refractivity (Wildman–Crippen MR) is 67.2 cm³/mol. The van der Waals surface area contributed by atoms with E-state index in [9.17, 15) is 9.18 Å². The van der Waals surface area contributed by atoms with Crippen LogP contribution < -0.4 is 11.1 Å². The Labute approximate surface area is 106 Å². The molecule has 0 radical (unpaired) electrons. The van der Waals surface area contributed by atoms with Crippen molar-refractivity contribution in [2.45, 2.75) is 26.8 Å². The average molecular weight is 249 g/mol. The molecule has 0 aliphatic carbocycles. The van der Waals surface area contributed by atoms with Crippen LogP contribution in [0.25, 0.3) is 0 Å². The molecule has 0 unspecified atom stereocenters. The molecule has 0 bridgehead atoms. The second-order valence-electron chi connectivity index (χ2n) is 5.14. The summed E-state index contributed by atoms with van der Waals surface area (Å²) in [7, 11) is 0. The van der Waals surface area contributed by atoms with Crippen LogP contribution in [0.2, 0.25) is 0 Å². The molecule has 0 aliphatic rings. The van der Waals surface area contributed by atoms with Crippen molar-refractivity contribution in [2.75, 3.05) is 5.32 Å². The molecule has 0 heterocycles. The van der Waals surface area contributed by atoms with E-state index in [-0.39, 0.29) is 16.9 Å². The Morgan fingerprint density at radius 2 is 2.11 bits per heavy atom. The highest BCUT2D eigenvalue weighted by molar-refractivity contribution is 5.95. The van der Waals surface area contributed by atoms with Gasteiger partial charge < -0.3 is 11.1 Å². The van der Waals surface area contributed by atoms with E-state index in [0.717, 1.165) is 6.07 Å². The molecule has 0 aliphatic heterocycles. The van der Waals surface area contributed by atoms with Crippen LogP contribution in [-0.2, 0) is 4.79 Å². The van der Waals surface area contributed by atoms with Gasteiger partial charge in [-0.1, -0.05) is 20.8 Å². The minimum Gasteiger partial charge on any atom is -0.325 e. The first-order chi connectivity index (χ1) is 8.25. The maximum atomic E-state index is 13.1. The monoisotopic (exact) mass is 249 g/mol. The number of nitriles is 1.